The first-order chi connectivity index (χ1) is 8.87. The van der Waals surface area contributed by atoms with Crippen molar-refractivity contribution in [3.05, 3.63) is 29.8 Å². The van der Waals surface area contributed by atoms with Gasteiger partial charge >= 0.3 is 6.18 Å². The highest BCUT2D eigenvalue weighted by atomic mass is 19.4. The van der Waals surface area contributed by atoms with Gasteiger partial charge in [0.1, 0.15) is 0 Å². The molecule has 0 aromatic heterocycles. The van der Waals surface area contributed by atoms with E-state index in [1.165, 1.54) is 12.1 Å². The number of amides is 1. The van der Waals surface area contributed by atoms with E-state index in [4.69, 9.17) is 4.74 Å². The van der Waals surface area contributed by atoms with Crippen LogP contribution >= 0.6 is 0 Å². The molecule has 19 heavy (non-hydrogen) atoms. The molecule has 1 aromatic rings. The van der Waals surface area contributed by atoms with Crippen molar-refractivity contribution in [1.82, 2.24) is 0 Å². The summed E-state index contributed by atoms with van der Waals surface area (Å²) in [5, 5.41) is 2.53. The number of hydrogen-bond donors (Lipinski definition) is 1. The summed E-state index contributed by atoms with van der Waals surface area (Å²) in [5.74, 6) is -0.291. The molecule has 0 radical (unpaired) electrons. The van der Waals surface area contributed by atoms with Gasteiger partial charge < -0.3 is 10.1 Å². The Morgan fingerprint density at radius 3 is 2.58 bits per heavy atom. The summed E-state index contributed by atoms with van der Waals surface area (Å²) in [6, 6.07) is 4.61. The number of rotatable bonds is 3. The number of anilines is 1. The largest absolute Gasteiger partial charge is 0.416 e. The van der Waals surface area contributed by atoms with Crippen LogP contribution in [0.25, 0.3) is 0 Å². The molecule has 1 aromatic carbocycles. The molecule has 1 fully saturated rings. The number of alkyl halides is 3. The number of ether oxygens (including phenoxy) is 1. The van der Waals surface area contributed by atoms with Gasteiger partial charge in [-0.1, -0.05) is 13.0 Å². The van der Waals surface area contributed by atoms with E-state index in [0.717, 1.165) is 12.1 Å². The molecule has 104 valence electrons. The lowest BCUT2D eigenvalue weighted by Gasteiger charge is -2.39. The Balaban J connectivity index is 2.13. The van der Waals surface area contributed by atoms with Crippen molar-refractivity contribution in [2.45, 2.75) is 19.5 Å². The highest BCUT2D eigenvalue weighted by Gasteiger charge is 2.44. The van der Waals surface area contributed by atoms with E-state index in [2.05, 4.69) is 5.32 Å². The van der Waals surface area contributed by atoms with Crippen LogP contribution in [0.15, 0.2) is 24.3 Å². The Morgan fingerprint density at radius 1 is 1.42 bits per heavy atom. The zero-order valence-electron chi connectivity index (χ0n) is 10.4. The van der Waals surface area contributed by atoms with Gasteiger partial charge in [-0.2, -0.15) is 13.2 Å². The third-order valence-corrected chi connectivity index (χ3v) is 3.36. The van der Waals surface area contributed by atoms with Crippen LogP contribution in [0, 0.1) is 5.41 Å². The van der Waals surface area contributed by atoms with Gasteiger partial charge in [0.05, 0.1) is 24.2 Å². The van der Waals surface area contributed by atoms with Crippen molar-refractivity contribution in [2.75, 3.05) is 18.5 Å². The lowest BCUT2D eigenvalue weighted by atomic mass is 9.82. The SMILES string of the molecule is CCC1(C(=O)Nc2cccc(C(F)(F)F)c2)COC1. The number of benzene rings is 1. The van der Waals surface area contributed by atoms with Gasteiger partial charge in [-0.3, -0.25) is 4.79 Å². The van der Waals surface area contributed by atoms with E-state index in [9.17, 15) is 18.0 Å². The molecule has 0 aliphatic carbocycles. The molecular weight excluding hydrogens is 259 g/mol. The van der Waals surface area contributed by atoms with E-state index in [1.807, 2.05) is 6.92 Å². The molecule has 0 bridgehead atoms. The number of carbonyl (C=O) groups excluding carboxylic acids is 1. The maximum absolute atomic E-state index is 12.6. The van der Waals surface area contributed by atoms with Crippen LogP contribution in [0.1, 0.15) is 18.9 Å². The van der Waals surface area contributed by atoms with E-state index >= 15 is 0 Å². The number of hydrogen-bond acceptors (Lipinski definition) is 2. The Kier molecular flexibility index (Phi) is 3.54. The summed E-state index contributed by atoms with van der Waals surface area (Å²) in [7, 11) is 0. The fourth-order valence-corrected chi connectivity index (χ4v) is 1.88. The van der Waals surface area contributed by atoms with Crippen molar-refractivity contribution >= 4 is 11.6 Å². The van der Waals surface area contributed by atoms with Crippen molar-refractivity contribution in [2.24, 2.45) is 5.41 Å². The van der Waals surface area contributed by atoms with E-state index < -0.39 is 17.2 Å². The molecule has 1 heterocycles. The molecule has 0 saturated carbocycles. The summed E-state index contributed by atoms with van der Waals surface area (Å²) in [4.78, 5) is 12.0. The molecule has 3 nitrogen and oxygen atoms in total. The lowest BCUT2D eigenvalue weighted by molar-refractivity contribution is -0.156. The van der Waals surface area contributed by atoms with Gasteiger partial charge in [-0.05, 0) is 24.6 Å². The monoisotopic (exact) mass is 273 g/mol. The fraction of sp³-hybridized carbons (Fsp3) is 0.462. The summed E-state index contributed by atoms with van der Waals surface area (Å²) in [5.41, 5.74) is -1.23. The molecule has 6 heteroatoms. The minimum absolute atomic E-state index is 0.152. The first-order valence-electron chi connectivity index (χ1n) is 5.94. The van der Waals surface area contributed by atoms with Gasteiger partial charge in [0.15, 0.2) is 0 Å². The normalized spacial score (nSPS) is 17.7. The van der Waals surface area contributed by atoms with Crippen molar-refractivity contribution in [3.63, 3.8) is 0 Å². The second kappa shape index (κ2) is 4.85. The van der Waals surface area contributed by atoms with Crippen molar-refractivity contribution < 1.29 is 22.7 Å². The Bertz CT molecular complexity index is 476. The Labute approximate surface area is 108 Å². The van der Waals surface area contributed by atoms with Gasteiger partial charge in [0.25, 0.3) is 0 Å². The van der Waals surface area contributed by atoms with Crippen molar-refractivity contribution in [1.29, 1.82) is 0 Å². The second-order valence-corrected chi connectivity index (χ2v) is 4.66. The van der Waals surface area contributed by atoms with Gasteiger partial charge in [-0.25, -0.2) is 0 Å². The third-order valence-electron chi connectivity index (χ3n) is 3.36. The standard InChI is InChI=1S/C13H14F3NO2/c1-2-12(7-19-8-12)11(18)17-10-5-3-4-9(6-10)13(14,15)16/h3-6H,2,7-8H2,1H3,(H,17,18). The number of halogens is 3. The topological polar surface area (TPSA) is 38.3 Å². The number of nitrogens with one attached hydrogen (secondary N) is 1. The predicted molar refractivity (Wildman–Crippen MR) is 63.6 cm³/mol. The van der Waals surface area contributed by atoms with Crippen LogP contribution in [0.2, 0.25) is 0 Å². The van der Waals surface area contributed by atoms with Crippen LogP contribution < -0.4 is 5.32 Å². The lowest BCUT2D eigenvalue weighted by Crippen LogP contribution is -2.51. The van der Waals surface area contributed by atoms with E-state index in [-0.39, 0.29) is 11.6 Å². The molecule has 2 rings (SSSR count). The number of carbonyl (C=O) groups is 1. The Hall–Kier alpha value is -1.56. The van der Waals surface area contributed by atoms with Crippen LogP contribution in [-0.4, -0.2) is 19.1 Å². The molecule has 1 aliphatic rings. The molecule has 0 atom stereocenters. The summed E-state index contributed by atoms with van der Waals surface area (Å²) in [6.45, 7) is 2.48. The smallest absolute Gasteiger partial charge is 0.379 e. The zero-order valence-corrected chi connectivity index (χ0v) is 10.4. The highest BCUT2D eigenvalue weighted by Crippen LogP contribution is 2.34. The van der Waals surface area contributed by atoms with Crippen LogP contribution in [0.5, 0.6) is 0 Å². The highest BCUT2D eigenvalue weighted by molar-refractivity contribution is 5.96. The zero-order chi connectivity index (χ0) is 14.1. The minimum atomic E-state index is -4.41. The van der Waals surface area contributed by atoms with Crippen LogP contribution in [0.3, 0.4) is 0 Å². The predicted octanol–water partition coefficient (Wildman–Crippen LogP) is 3.07. The molecule has 1 N–H and O–H groups in total. The molecule has 1 amide bonds. The first kappa shape index (κ1) is 13.9. The van der Waals surface area contributed by atoms with Crippen molar-refractivity contribution in [3.8, 4) is 0 Å². The van der Waals surface area contributed by atoms with E-state index in [1.54, 1.807) is 0 Å². The fourth-order valence-electron chi connectivity index (χ4n) is 1.88. The van der Waals surface area contributed by atoms with Gasteiger partial charge in [0.2, 0.25) is 5.91 Å². The van der Waals surface area contributed by atoms with Crippen LogP contribution in [-0.2, 0) is 15.7 Å². The first-order valence-corrected chi connectivity index (χ1v) is 5.94. The maximum Gasteiger partial charge on any atom is 0.416 e. The average molecular weight is 273 g/mol. The van der Waals surface area contributed by atoms with Crippen LogP contribution in [0.4, 0.5) is 18.9 Å². The maximum atomic E-state index is 12.6. The molecule has 1 aliphatic heterocycles. The molecular formula is C13H14F3NO2. The summed E-state index contributed by atoms with van der Waals surface area (Å²) >= 11 is 0. The second-order valence-electron chi connectivity index (χ2n) is 4.66. The minimum Gasteiger partial charge on any atom is -0.379 e. The molecule has 0 spiro atoms. The van der Waals surface area contributed by atoms with E-state index in [0.29, 0.717) is 19.6 Å². The van der Waals surface area contributed by atoms with Gasteiger partial charge in [0, 0.05) is 5.69 Å². The molecule has 1 saturated heterocycles. The third kappa shape index (κ3) is 2.73. The quantitative estimate of drug-likeness (QED) is 0.919. The summed E-state index contributed by atoms with van der Waals surface area (Å²) < 4.78 is 42.7. The Morgan fingerprint density at radius 2 is 2.11 bits per heavy atom. The van der Waals surface area contributed by atoms with Gasteiger partial charge in [-0.15, -0.1) is 0 Å². The average Bonchev–Trinajstić information content (AvgIpc) is 2.27. The summed E-state index contributed by atoms with van der Waals surface area (Å²) in [6.07, 6.45) is -3.82. The molecule has 0 unspecified atom stereocenters.